The first kappa shape index (κ1) is 21.9. The second-order valence-electron chi connectivity index (χ2n) is 8.36. The van der Waals surface area contributed by atoms with Gasteiger partial charge in [-0.3, -0.25) is 9.59 Å². The van der Waals surface area contributed by atoms with E-state index in [1.165, 1.54) is 5.56 Å². The second kappa shape index (κ2) is 9.54. The molecule has 0 spiro atoms. The van der Waals surface area contributed by atoms with E-state index in [1.807, 2.05) is 53.4 Å². The summed E-state index contributed by atoms with van der Waals surface area (Å²) in [5.74, 6) is -0.233. The van der Waals surface area contributed by atoms with Gasteiger partial charge in [0.25, 0.3) is 5.91 Å². The number of para-hydroxylation sites is 1. The van der Waals surface area contributed by atoms with Crippen molar-refractivity contribution in [2.75, 3.05) is 10.2 Å². The molecule has 4 aromatic carbocycles. The highest BCUT2D eigenvalue weighted by Crippen LogP contribution is 2.31. The van der Waals surface area contributed by atoms with Gasteiger partial charge in [-0.25, -0.2) is 0 Å². The van der Waals surface area contributed by atoms with Crippen LogP contribution in [0.5, 0.6) is 0 Å². The maximum atomic E-state index is 13.6. The molecule has 5 rings (SSSR count). The Labute approximate surface area is 203 Å². The van der Waals surface area contributed by atoms with E-state index in [4.69, 9.17) is 11.6 Å². The van der Waals surface area contributed by atoms with Gasteiger partial charge in [-0.1, -0.05) is 72.3 Å². The molecule has 0 saturated carbocycles. The van der Waals surface area contributed by atoms with Gasteiger partial charge in [0, 0.05) is 22.0 Å². The standard InChI is InChI=1S/C29H23ClN2O2/c30-26-11-5-3-8-22(26)18-28(33)31-25-15-13-20(14-16-25)29(34)32-19-24-10-2-1-7-21(24)17-23-9-4-6-12-27(23)32/h1-16H,17-19H2,(H,31,33). The average Bonchev–Trinajstić information content (AvgIpc) is 3.02. The van der Waals surface area contributed by atoms with Gasteiger partial charge >= 0.3 is 0 Å². The quantitative estimate of drug-likeness (QED) is 0.385. The van der Waals surface area contributed by atoms with Gasteiger partial charge < -0.3 is 10.2 Å². The molecule has 0 radical (unpaired) electrons. The molecule has 0 bridgehead atoms. The Morgan fingerprint density at radius 3 is 2.18 bits per heavy atom. The average molecular weight is 467 g/mol. The molecule has 0 atom stereocenters. The van der Waals surface area contributed by atoms with Crippen LogP contribution in [0.1, 0.15) is 32.6 Å². The third kappa shape index (κ3) is 4.59. The molecule has 168 valence electrons. The van der Waals surface area contributed by atoms with Crippen LogP contribution in [-0.2, 0) is 24.2 Å². The highest BCUT2D eigenvalue weighted by atomic mass is 35.5. The van der Waals surface area contributed by atoms with E-state index in [-0.39, 0.29) is 18.2 Å². The maximum Gasteiger partial charge on any atom is 0.258 e. The number of nitrogens with zero attached hydrogens (tertiary/aromatic N) is 1. The molecule has 0 aliphatic carbocycles. The van der Waals surface area contributed by atoms with Crippen molar-refractivity contribution in [3.8, 4) is 0 Å². The summed E-state index contributed by atoms with van der Waals surface area (Å²) in [6.45, 7) is 0.516. The van der Waals surface area contributed by atoms with Crippen LogP contribution in [-0.4, -0.2) is 11.8 Å². The van der Waals surface area contributed by atoms with Crippen LogP contribution in [0.25, 0.3) is 0 Å². The molecule has 0 aromatic heterocycles. The van der Waals surface area contributed by atoms with Gasteiger partial charge in [0.15, 0.2) is 0 Å². The molecule has 1 N–H and O–H groups in total. The van der Waals surface area contributed by atoms with Crippen molar-refractivity contribution >= 4 is 34.8 Å². The fourth-order valence-corrected chi connectivity index (χ4v) is 4.52. The lowest BCUT2D eigenvalue weighted by molar-refractivity contribution is -0.115. The van der Waals surface area contributed by atoms with Crippen molar-refractivity contribution in [1.29, 1.82) is 0 Å². The number of rotatable bonds is 4. The van der Waals surface area contributed by atoms with Gasteiger partial charge in [0.1, 0.15) is 0 Å². The van der Waals surface area contributed by atoms with Crippen LogP contribution in [0.15, 0.2) is 97.1 Å². The summed E-state index contributed by atoms with van der Waals surface area (Å²) >= 11 is 6.16. The van der Waals surface area contributed by atoms with E-state index in [0.29, 0.717) is 22.8 Å². The van der Waals surface area contributed by atoms with Gasteiger partial charge in [0.05, 0.1) is 13.0 Å². The summed E-state index contributed by atoms with van der Waals surface area (Å²) in [6, 6.07) is 30.6. The molecule has 1 aliphatic heterocycles. The zero-order chi connectivity index (χ0) is 23.5. The molecular formula is C29H23ClN2O2. The fourth-order valence-electron chi connectivity index (χ4n) is 4.32. The zero-order valence-electron chi connectivity index (χ0n) is 18.5. The van der Waals surface area contributed by atoms with Crippen LogP contribution in [0, 0.1) is 0 Å². The van der Waals surface area contributed by atoms with E-state index in [1.54, 1.807) is 30.3 Å². The normalized spacial score (nSPS) is 12.3. The number of hydrogen-bond donors (Lipinski definition) is 1. The van der Waals surface area contributed by atoms with Gasteiger partial charge in [-0.2, -0.15) is 0 Å². The molecule has 34 heavy (non-hydrogen) atoms. The summed E-state index contributed by atoms with van der Waals surface area (Å²) < 4.78 is 0. The van der Waals surface area contributed by atoms with Crippen molar-refractivity contribution in [2.24, 2.45) is 0 Å². The van der Waals surface area contributed by atoms with Crippen LogP contribution >= 0.6 is 11.6 Å². The number of benzene rings is 4. The SMILES string of the molecule is O=C(Cc1ccccc1Cl)Nc1ccc(C(=O)N2Cc3ccccc3Cc3ccccc32)cc1. The molecule has 1 heterocycles. The Kier molecular flexibility index (Phi) is 6.15. The second-order valence-corrected chi connectivity index (χ2v) is 8.77. The van der Waals surface area contributed by atoms with Crippen molar-refractivity contribution in [1.82, 2.24) is 0 Å². The summed E-state index contributed by atoms with van der Waals surface area (Å²) in [6.07, 6.45) is 0.983. The third-order valence-electron chi connectivity index (χ3n) is 6.08. The summed E-state index contributed by atoms with van der Waals surface area (Å²) in [4.78, 5) is 27.8. The van der Waals surface area contributed by atoms with Gasteiger partial charge in [-0.15, -0.1) is 0 Å². The number of fused-ring (bicyclic) bond motifs is 2. The number of carbonyl (C=O) groups is 2. The van der Waals surface area contributed by atoms with Crippen molar-refractivity contribution in [3.63, 3.8) is 0 Å². The lowest BCUT2D eigenvalue weighted by Gasteiger charge is -2.23. The summed E-state index contributed by atoms with van der Waals surface area (Å²) in [5, 5.41) is 3.45. The molecule has 2 amide bonds. The number of nitrogens with one attached hydrogen (secondary N) is 1. The molecule has 0 fully saturated rings. The summed E-state index contributed by atoms with van der Waals surface area (Å²) in [5.41, 5.74) is 6.42. The van der Waals surface area contributed by atoms with Crippen LogP contribution in [0.4, 0.5) is 11.4 Å². The minimum atomic E-state index is -0.162. The monoisotopic (exact) mass is 466 g/mol. The lowest BCUT2D eigenvalue weighted by atomic mass is 10.0. The number of anilines is 2. The van der Waals surface area contributed by atoms with Crippen molar-refractivity contribution < 1.29 is 9.59 Å². The van der Waals surface area contributed by atoms with E-state index >= 15 is 0 Å². The molecule has 0 saturated heterocycles. The van der Waals surface area contributed by atoms with Crippen molar-refractivity contribution in [2.45, 2.75) is 19.4 Å². The molecule has 5 heteroatoms. The summed E-state index contributed by atoms with van der Waals surface area (Å²) in [7, 11) is 0. The smallest absolute Gasteiger partial charge is 0.258 e. The zero-order valence-corrected chi connectivity index (χ0v) is 19.3. The number of amides is 2. The van der Waals surface area contributed by atoms with E-state index in [2.05, 4.69) is 23.5 Å². The molecule has 0 unspecified atom stereocenters. The minimum absolute atomic E-state index is 0.0712. The Morgan fingerprint density at radius 1 is 0.765 bits per heavy atom. The largest absolute Gasteiger partial charge is 0.326 e. The minimum Gasteiger partial charge on any atom is -0.326 e. The topological polar surface area (TPSA) is 49.4 Å². The Morgan fingerprint density at radius 2 is 1.41 bits per heavy atom. The highest BCUT2D eigenvalue weighted by Gasteiger charge is 2.24. The number of halogens is 1. The molecular weight excluding hydrogens is 444 g/mol. The first-order valence-electron chi connectivity index (χ1n) is 11.2. The van der Waals surface area contributed by atoms with E-state index in [0.717, 1.165) is 28.8 Å². The van der Waals surface area contributed by atoms with E-state index < -0.39 is 0 Å². The lowest BCUT2D eigenvalue weighted by Crippen LogP contribution is -2.30. The fraction of sp³-hybridized carbons (Fsp3) is 0.103. The maximum absolute atomic E-state index is 13.6. The first-order valence-corrected chi connectivity index (χ1v) is 11.6. The van der Waals surface area contributed by atoms with Gasteiger partial charge in [0.2, 0.25) is 5.91 Å². The highest BCUT2D eigenvalue weighted by molar-refractivity contribution is 6.31. The molecule has 1 aliphatic rings. The Bertz CT molecular complexity index is 1360. The van der Waals surface area contributed by atoms with Gasteiger partial charge in [-0.05, 0) is 65.1 Å². The first-order chi connectivity index (χ1) is 16.6. The van der Waals surface area contributed by atoms with Crippen LogP contribution < -0.4 is 10.2 Å². The van der Waals surface area contributed by atoms with Crippen molar-refractivity contribution in [3.05, 3.63) is 130 Å². The molecule has 4 nitrogen and oxygen atoms in total. The van der Waals surface area contributed by atoms with Crippen LogP contribution in [0.2, 0.25) is 5.02 Å². The molecule has 4 aromatic rings. The third-order valence-corrected chi connectivity index (χ3v) is 6.45. The predicted molar refractivity (Wildman–Crippen MR) is 136 cm³/mol. The van der Waals surface area contributed by atoms with Crippen LogP contribution in [0.3, 0.4) is 0 Å². The Hall–Kier alpha value is -3.89. The Balaban J connectivity index is 1.35. The number of hydrogen-bond acceptors (Lipinski definition) is 2. The van der Waals surface area contributed by atoms with E-state index in [9.17, 15) is 9.59 Å². The number of carbonyl (C=O) groups excluding carboxylic acids is 2. The predicted octanol–water partition coefficient (Wildman–Crippen LogP) is 6.27.